The van der Waals surface area contributed by atoms with Crippen LogP contribution in [-0.2, 0) is 5.41 Å². The van der Waals surface area contributed by atoms with E-state index in [1.165, 1.54) is 7.11 Å². The number of amides is 1. The second-order valence-electron chi connectivity index (χ2n) is 11.6. The molecule has 0 saturated carbocycles. The molecule has 0 aliphatic rings. The number of hydrogen-bond donors (Lipinski definition) is 2. The summed E-state index contributed by atoms with van der Waals surface area (Å²) in [4.78, 5) is 43.4. The fourth-order valence-electron chi connectivity index (χ4n) is 4.59. The molecule has 228 valence electrons. The van der Waals surface area contributed by atoms with Crippen molar-refractivity contribution in [2.45, 2.75) is 26.2 Å². The summed E-state index contributed by atoms with van der Waals surface area (Å²) < 4.78 is 2.76. The summed E-state index contributed by atoms with van der Waals surface area (Å²) in [5.41, 5.74) is 2.81. The van der Waals surface area contributed by atoms with Gasteiger partial charge in [0.2, 0.25) is 5.95 Å². The predicted octanol–water partition coefficient (Wildman–Crippen LogP) is 4.88. The number of nitrogens with zero attached hydrogens (tertiary/aromatic N) is 6. The molecule has 2 aromatic carbocycles. The van der Waals surface area contributed by atoms with Crippen LogP contribution in [0.25, 0.3) is 27.8 Å². The van der Waals surface area contributed by atoms with Gasteiger partial charge in [-0.25, -0.2) is 9.67 Å². The molecule has 0 spiro atoms. The van der Waals surface area contributed by atoms with Crippen LogP contribution >= 0.6 is 11.6 Å². The number of fused-ring (bicyclic) bond motifs is 1. The van der Waals surface area contributed by atoms with E-state index in [0.29, 0.717) is 46.0 Å². The van der Waals surface area contributed by atoms with Gasteiger partial charge in [0.15, 0.2) is 5.65 Å². The molecule has 0 unspecified atom stereocenters. The summed E-state index contributed by atoms with van der Waals surface area (Å²) in [6.07, 6.45) is 1.63. The maximum absolute atomic E-state index is 13.5. The van der Waals surface area contributed by atoms with Crippen LogP contribution in [-0.4, -0.2) is 69.6 Å². The number of nitrogens with one attached hydrogen (secondary N) is 2. The standard InChI is InChI=1S/C32H35ClN8O3/c1-32(2,3)27-18-26(40(38-27)22-10-8-7-9-11-22)29(42)36-21-12-13-23(25(33)17-21)24-16-20-19-35-31(34-14-15-39(4)5)37-28(20)41(44-6)30(24)43/h7-13,16-19H,14-15H2,1-6H3,(H,36,42)(H,34,35,37). The molecule has 3 aromatic heterocycles. The number of para-hydroxylation sites is 1. The van der Waals surface area contributed by atoms with Crippen LogP contribution in [0.15, 0.2) is 71.7 Å². The van der Waals surface area contributed by atoms with Crippen LogP contribution in [0.5, 0.6) is 0 Å². The van der Waals surface area contributed by atoms with Crippen molar-refractivity contribution in [1.82, 2.24) is 29.4 Å². The third-order valence-corrected chi connectivity index (χ3v) is 7.27. The first-order valence-electron chi connectivity index (χ1n) is 14.1. The summed E-state index contributed by atoms with van der Waals surface area (Å²) in [5, 5.41) is 11.7. The van der Waals surface area contributed by atoms with Crippen LogP contribution in [0.4, 0.5) is 11.6 Å². The minimum absolute atomic E-state index is 0.260. The Hall–Kier alpha value is -4.74. The Morgan fingerprint density at radius 1 is 1.05 bits per heavy atom. The molecular formula is C32H35ClN8O3. The first-order chi connectivity index (χ1) is 21.0. The number of likely N-dealkylation sites (N-methyl/N-ethyl adjacent to an activating group) is 1. The zero-order chi connectivity index (χ0) is 31.6. The van der Waals surface area contributed by atoms with Gasteiger partial charge < -0.3 is 20.4 Å². The number of hydrogen-bond acceptors (Lipinski definition) is 8. The Bertz CT molecular complexity index is 1880. The largest absolute Gasteiger partial charge is 0.412 e. The van der Waals surface area contributed by atoms with Gasteiger partial charge in [-0.3, -0.25) is 9.59 Å². The van der Waals surface area contributed by atoms with Crippen molar-refractivity contribution < 1.29 is 9.63 Å². The third kappa shape index (κ3) is 6.43. The Kier molecular flexibility index (Phi) is 8.70. The van der Waals surface area contributed by atoms with E-state index in [9.17, 15) is 9.59 Å². The lowest BCUT2D eigenvalue weighted by Crippen LogP contribution is -2.27. The number of anilines is 2. The Balaban J connectivity index is 1.45. The first kappa shape index (κ1) is 30.7. The van der Waals surface area contributed by atoms with Gasteiger partial charge in [-0.05, 0) is 50.5 Å². The van der Waals surface area contributed by atoms with Gasteiger partial charge in [-0.2, -0.15) is 10.1 Å². The van der Waals surface area contributed by atoms with Gasteiger partial charge >= 0.3 is 0 Å². The smallest absolute Gasteiger partial charge is 0.293 e. The highest BCUT2D eigenvalue weighted by atomic mass is 35.5. The molecule has 1 amide bonds. The van der Waals surface area contributed by atoms with Gasteiger partial charge in [-0.15, -0.1) is 4.73 Å². The SMILES string of the molecule is COn1c(=O)c(-c2ccc(NC(=O)c3cc(C(C)(C)C)nn3-c3ccccc3)cc2Cl)cc2cnc(NCCN(C)C)nc21. The monoisotopic (exact) mass is 614 g/mol. The summed E-state index contributed by atoms with van der Waals surface area (Å²) in [5.74, 6) is 0.0407. The van der Waals surface area contributed by atoms with Crippen molar-refractivity contribution in [2.75, 3.05) is 44.9 Å². The van der Waals surface area contributed by atoms with Crippen LogP contribution in [0.3, 0.4) is 0 Å². The molecule has 11 nitrogen and oxygen atoms in total. The van der Waals surface area contributed by atoms with E-state index in [1.807, 2.05) is 70.1 Å². The van der Waals surface area contributed by atoms with Gasteiger partial charge in [0.1, 0.15) is 12.8 Å². The number of aromatic nitrogens is 5. The minimum Gasteiger partial charge on any atom is -0.412 e. The number of carbonyl (C=O) groups excluding carboxylic acids is 1. The number of pyridine rings is 1. The minimum atomic E-state index is -0.432. The Morgan fingerprint density at radius 2 is 1.80 bits per heavy atom. The van der Waals surface area contributed by atoms with Gasteiger partial charge in [-0.1, -0.05) is 56.6 Å². The van der Waals surface area contributed by atoms with Crippen LogP contribution in [0.1, 0.15) is 37.0 Å². The number of benzene rings is 2. The fourth-order valence-corrected chi connectivity index (χ4v) is 4.87. The molecule has 12 heteroatoms. The molecule has 5 aromatic rings. The summed E-state index contributed by atoms with van der Waals surface area (Å²) in [6, 6.07) is 18.0. The highest BCUT2D eigenvalue weighted by Crippen LogP contribution is 2.31. The number of rotatable bonds is 9. The van der Waals surface area contributed by atoms with Crippen molar-refractivity contribution in [1.29, 1.82) is 0 Å². The zero-order valence-corrected chi connectivity index (χ0v) is 26.3. The molecule has 5 rings (SSSR count). The van der Waals surface area contributed by atoms with Crippen LogP contribution in [0.2, 0.25) is 5.02 Å². The highest BCUT2D eigenvalue weighted by molar-refractivity contribution is 6.33. The second kappa shape index (κ2) is 12.5. The maximum atomic E-state index is 13.5. The van der Waals surface area contributed by atoms with Crippen molar-refractivity contribution in [2.24, 2.45) is 0 Å². The second-order valence-corrected chi connectivity index (χ2v) is 12.0. The Morgan fingerprint density at radius 3 is 2.45 bits per heavy atom. The van der Waals surface area contributed by atoms with E-state index < -0.39 is 5.56 Å². The predicted molar refractivity (Wildman–Crippen MR) is 174 cm³/mol. The van der Waals surface area contributed by atoms with Crippen molar-refractivity contribution in [3.05, 3.63) is 93.6 Å². The quantitative estimate of drug-likeness (QED) is 0.241. The molecule has 0 radical (unpaired) electrons. The van der Waals surface area contributed by atoms with Crippen molar-refractivity contribution in [3.8, 4) is 16.8 Å². The molecular weight excluding hydrogens is 580 g/mol. The van der Waals surface area contributed by atoms with Crippen molar-refractivity contribution in [3.63, 3.8) is 0 Å². The highest BCUT2D eigenvalue weighted by Gasteiger charge is 2.24. The number of halogens is 1. The van der Waals surface area contributed by atoms with E-state index in [1.54, 1.807) is 41.2 Å². The number of carbonyl (C=O) groups is 1. The fraction of sp³-hybridized carbons (Fsp3) is 0.281. The molecule has 3 heterocycles. The zero-order valence-electron chi connectivity index (χ0n) is 25.6. The topological polar surface area (TPSA) is 119 Å². The van der Waals surface area contributed by atoms with E-state index in [2.05, 4.69) is 20.6 Å². The third-order valence-electron chi connectivity index (χ3n) is 6.96. The van der Waals surface area contributed by atoms with Crippen molar-refractivity contribution >= 4 is 40.2 Å². The summed E-state index contributed by atoms with van der Waals surface area (Å²) >= 11 is 6.71. The molecule has 0 aliphatic heterocycles. The lowest BCUT2D eigenvalue weighted by atomic mass is 9.92. The van der Waals surface area contributed by atoms with E-state index >= 15 is 0 Å². The molecule has 0 atom stereocenters. The van der Waals surface area contributed by atoms with Gasteiger partial charge in [0.05, 0.1) is 22.0 Å². The molecule has 0 aliphatic carbocycles. The molecule has 44 heavy (non-hydrogen) atoms. The molecule has 2 N–H and O–H groups in total. The average molecular weight is 615 g/mol. The normalized spacial score (nSPS) is 11.6. The molecule has 0 fully saturated rings. The van der Waals surface area contributed by atoms with Gasteiger partial charge in [0.25, 0.3) is 11.5 Å². The Labute approximate surface area is 260 Å². The van der Waals surface area contributed by atoms with Crippen LogP contribution < -0.4 is 21.0 Å². The van der Waals surface area contributed by atoms with E-state index in [0.717, 1.165) is 22.7 Å². The maximum Gasteiger partial charge on any atom is 0.293 e. The summed E-state index contributed by atoms with van der Waals surface area (Å²) in [7, 11) is 5.35. The lowest BCUT2D eigenvalue weighted by Gasteiger charge is -2.14. The lowest BCUT2D eigenvalue weighted by molar-refractivity contribution is 0.101. The van der Waals surface area contributed by atoms with Gasteiger partial charge in [0, 0.05) is 41.3 Å². The molecule has 0 saturated heterocycles. The van der Waals surface area contributed by atoms with E-state index in [4.69, 9.17) is 21.5 Å². The first-order valence-corrected chi connectivity index (χ1v) is 14.5. The summed E-state index contributed by atoms with van der Waals surface area (Å²) in [6.45, 7) is 7.57. The van der Waals surface area contributed by atoms with E-state index in [-0.39, 0.29) is 16.3 Å². The average Bonchev–Trinajstić information content (AvgIpc) is 3.44. The molecule has 0 bridgehead atoms. The van der Waals surface area contributed by atoms with Crippen LogP contribution in [0, 0.1) is 0 Å².